The van der Waals surface area contributed by atoms with E-state index in [1.807, 2.05) is 0 Å². The Morgan fingerprint density at radius 2 is 1.35 bits per heavy atom. The van der Waals surface area contributed by atoms with Gasteiger partial charge in [0.25, 0.3) is 0 Å². The first-order chi connectivity index (χ1) is 8.36. The third-order valence-corrected chi connectivity index (χ3v) is 4.03. The summed E-state index contributed by atoms with van der Waals surface area (Å²) < 4.78 is 0. The minimum absolute atomic E-state index is 1.08. The molecule has 0 aromatic heterocycles. The Morgan fingerprint density at radius 1 is 0.647 bits per heavy atom. The highest BCUT2D eigenvalue weighted by Gasteiger charge is 2.05. The quantitative estimate of drug-likeness (QED) is 0.568. The highest BCUT2D eigenvalue weighted by Crippen LogP contribution is 2.26. The van der Waals surface area contributed by atoms with Crippen LogP contribution in [0.15, 0.2) is 66.7 Å². The molecule has 0 aliphatic heterocycles. The molecule has 0 saturated carbocycles. The molecule has 0 saturated heterocycles. The van der Waals surface area contributed by atoms with E-state index in [9.17, 15) is 0 Å². The lowest BCUT2D eigenvalue weighted by Crippen LogP contribution is -2.06. The summed E-state index contributed by atoms with van der Waals surface area (Å²) in [5.41, 5.74) is 2.74. The van der Waals surface area contributed by atoms with Crippen molar-refractivity contribution in [2.75, 3.05) is 0 Å². The molecule has 82 valence electrons. The van der Waals surface area contributed by atoms with Crippen LogP contribution in [0.3, 0.4) is 0 Å². The summed E-state index contributed by atoms with van der Waals surface area (Å²) in [6, 6.07) is 23.8. The van der Waals surface area contributed by atoms with Crippen molar-refractivity contribution in [2.45, 2.75) is 0 Å². The molecular formula is C16H14Si. The lowest BCUT2D eigenvalue weighted by molar-refractivity contribution is 1.67. The van der Waals surface area contributed by atoms with E-state index >= 15 is 0 Å². The monoisotopic (exact) mass is 234 g/mol. The van der Waals surface area contributed by atoms with Crippen LogP contribution in [0.2, 0.25) is 0 Å². The van der Waals surface area contributed by atoms with E-state index in [0.29, 0.717) is 0 Å². The molecule has 3 rings (SSSR count). The van der Waals surface area contributed by atoms with E-state index in [4.69, 9.17) is 0 Å². The smallest absolute Gasteiger partial charge is 0.0393 e. The van der Waals surface area contributed by atoms with Gasteiger partial charge in [0.05, 0.1) is 0 Å². The van der Waals surface area contributed by atoms with Crippen LogP contribution in [0.5, 0.6) is 0 Å². The van der Waals surface area contributed by atoms with Gasteiger partial charge in [0.15, 0.2) is 0 Å². The third-order valence-electron chi connectivity index (χ3n) is 3.20. The van der Waals surface area contributed by atoms with Gasteiger partial charge in [0.1, 0.15) is 0 Å². The second kappa shape index (κ2) is 4.19. The Balaban J connectivity index is 2.39. The van der Waals surface area contributed by atoms with Gasteiger partial charge in [-0.15, -0.1) is 0 Å². The van der Waals surface area contributed by atoms with E-state index in [1.165, 1.54) is 27.1 Å². The average Bonchev–Trinajstić information content (AvgIpc) is 2.39. The fourth-order valence-electron chi connectivity index (χ4n) is 2.37. The summed E-state index contributed by atoms with van der Waals surface area (Å²) in [4.78, 5) is 0. The fraction of sp³-hybridized carbons (Fsp3) is 0. The van der Waals surface area contributed by atoms with Crippen molar-refractivity contribution in [3.8, 4) is 11.1 Å². The number of hydrogen-bond acceptors (Lipinski definition) is 0. The maximum absolute atomic E-state index is 2.26. The maximum atomic E-state index is 2.26. The minimum Gasteiger partial charge on any atom is -0.0628 e. The summed E-state index contributed by atoms with van der Waals surface area (Å²) in [5, 5.41) is 4.16. The SMILES string of the molecule is [SiH3]c1ccc2ccccc2c1-c1ccccc1. The lowest BCUT2D eigenvalue weighted by atomic mass is 9.98. The van der Waals surface area contributed by atoms with Crippen molar-refractivity contribution in [3.05, 3.63) is 66.7 Å². The Labute approximate surface area is 104 Å². The summed E-state index contributed by atoms with van der Waals surface area (Å²) in [7, 11) is 1.08. The molecule has 0 atom stereocenters. The zero-order valence-electron chi connectivity index (χ0n) is 9.85. The second-order valence-electron chi connectivity index (χ2n) is 4.34. The van der Waals surface area contributed by atoms with Crippen LogP contribution in [0.25, 0.3) is 21.9 Å². The van der Waals surface area contributed by atoms with Crippen LogP contribution in [-0.2, 0) is 0 Å². The Hall–Kier alpha value is -1.86. The predicted molar refractivity (Wildman–Crippen MR) is 79.0 cm³/mol. The van der Waals surface area contributed by atoms with Crippen molar-refractivity contribution in [2.24, 2.45) is 0 Å². The van der Waals surface area contributed by atoms with E-state index in [2.05, 4.69) is 66.7 Å². The van der Waals surface area contributed by atoms with Crippen LogP contribution in [-0.4, -0.2) is 10.2 Å². The molecule has 0 radical (unpaired) electrons. The van der Waals surface area contributed by atoms with Gasteiger partial charge in [-0.05, 0) is 21.9 Å². The van der Waals surface area contributed by atoms with Gasteiger partial charge in [-0.3, -0.25) is 0 Å². The normalized spacial score (nSPS) is 10.8. The fourth-order valence-corrected chi connectivity index (χ4v) is 3.09. The molecule has 0 spiro atoms. The van der Waals surface area contributed by atoms with Gasteiger partial charge < -0.3 is 0 Å². The van der Waals surface area contributed by atoms with Crippen molar-refractivity contribution < 1.29 is 0 Å². The van der Waals surface area contributed by atoms with E-state index in [0.717, 1.165) is 10.2 Å². The molecule has 0 nitrogen and oxygen atoms in total. The van der Waals surface area contributed by atoms with E-state index in [1.54, 1.807) is 0 Å². The molecule has 0 amide bonds. The first-order valence-corrected chi connectivity index (χ1v) is 6.90. The molecule has 3 aromatic carbocycles. The first-order valence-electron chi connectivity index (χ1n) is 5.90. The Morgan fingerprint density at radius 3 is 2.18 bits per heavy atom. The number of fused-ring (bicyclic) bond motifs is 1. The number of hydrogen-bond donors (Lipinski definition) is 0. The molecule has 0 N–H and O–H groups in total. The van der Waals surface area contributed by atoms with Crippen LogP contribution in [0.4, 0.5) is 0 Å². The number of benzene rings is 3. The maximum Gasteiger partial charge on any atom is 0.0393 e. The molecule has 0 aliphatic carbocycles. The summed E-state index contributed by atoms with van der Waals surface area (Å²) in [6.07, 6.45) is 0. The summed E-state index contributed by atoms with van der Waals surface area (Å²) in [5.74, 6) is 0. The van der Waals surface area contributed by atoms with E-state index in [-0.39, 0.29) is 0 Å². The van der Waals surface area contributed by atoms with Gasteiger partial charge in [0, 0.05) is 10.2 Å². The molecular weight excluding hydrogens is 220 g/mol. The Kier molecular flexibility index (Phi) is 2.54. The predicted octanol–water partition coefficient (Wildman–Crippen LogP) is 2.50. The highest BCUT2D eigenvalue weighted by atomic mass is 28.1. The molecule has 0 aliphatic rings. The van der Waals surface area contributed by atoms with Crippen molar-refractivity contribution in [1.82, 2.24) is 0 Å². The van der Waals surface area contributed by atoms with Gasteiger partial charge in [-0.1, -0.05) is 71.9 Å². The standard InChI is InChI=1S/C16H14Si/c17-15-11-10-12-6-4-5-9-14(12)16(15)13-7-2-1-3-8-13/h1-11H,17H3. The molecule has 17 heavy (non-hydrogen) atoms. The van der Waals surface area contributed by atoms with Crippen LogP contribution >= 0.6 is 0 Å². The zero-order valence-corrected chi connectivity index (χ0v) is 11.9. The lowest BCUT2D eigenvalue weighted by Gasteiger charge is -2.10. The van der Waals surface area contributed by atoms with Gasteiger partial charge in [-0.2, -0.15) is 0 Å². The first kappa shape index (κ1) is 10.3. The van der Waals surface area contributed by atoms with Crippen molar-refractivity contribution >= 4 is 26.2 Å². The minimum atomic E-state index is 1.08. The van der Waals surface area contributed by atoms with Crippen LogP contribution in [0.1, 0.15) is 0 Å². The van der Waals surface area contributed by atoms with Gasteiger partial charge >= 0.3 is 0 Å². The molecule has 0 unspecified atom stereocenters. The average molecular weight is 234 g/mol. The van der Waals surface area contributed by atoms with Gasteiger partial charge in [0.2, 0.25) is 0 Å². The summed E-state index contributed by atoms with van der Waals surface area (Å²) in [6.45, 7) is 0. The van der Waals surface area contributed by atoms with E-state index < -0.39 is 0 Å². The zero-order chi connectivity index (χ0) is 11.7. The van der Waals surface area contributed by atoms with Crippen LogP contribution in [0, 0.1) is 0 Å². The van der Waals surface area contributed by atoms with Crippen molar-refractivity contribution in [3.63, 3.8) is 0 Å². The van der Waals surface area contributed by atoms with Crippen molar-refractivity contribution in [1.29, 1.82) is 0 Å². The molecule has 3 aromatic rings. The molecule has 0 bridgehead atoms. The largest absolute Gasteiger partial charge is 0.0628 e. The molecule has 1 heteroatoms. The molecule has 0 fully saturated rings. The summed E-state index contributed by atoms with van der Waals surface area (Å²) >= 11 is 0. The third kappa shape index (κ3) is 1.79. The Bertz CT molecular complexity index is 657. The van der Waals surface area contributed by atoms with Crippen LogP contribution < -0.4 is 5.19 Å². The molecule has 0 heterocycles. The second-order valence-corrected chi connectivity index (χ2v) is 5.42. The highest BCUT2D eigenvalue weighted by molar-refractivity contribution is 6.38. The topological polar surface area (TPSA) is 0 Å². The number of rotatable bonds is 1. The van der Waals surface area contributed by atoms with Gasteiger partial charge in [-0.25, -0.2) is 0 Å².